The molecule has 38 heavy (non-hydrogen) atoms. The van der Waals surface area contributed by atoms with Crippen molar-refractivity contribution in [1.82, 2.24) is 10.6 Å². The highest BCUT2D eigenvalue weighted by Crippen LogP contribution is 2.16. The molecule has 0 bridgehead atoms. The maximum Gasteiger partial charge on any atom is 0.326 e. The minimum atomic E-state index is -1.47. The summed E-state index contributed by atoms with van der Waals surface area (Å²) in [4.78, 5) is 49.8. The van der Waals surface area contributed by atoms with Gasteiger partial charge in [-0.25, -0.2) is 4.79 Å². The summed E-state index contributed by atoms with van der Waals surface area (Å²) >= 11 is 0. The van der Waals surface area contributed by atoms with E-state index < -0.39 is 48.2 Å². The average Bonchev–Trinajstić information content (AvgIpc) is 2.94. The molecule has 3 rings (SSSR count). The quantitative estimate of drug-likeness (QED) is 0.260. The van der Waals surface area contributed by atoms with Crippen LogP contribution in [-0.4, -0.2) is 46.0 Å². The molecule has 0 saturated heterocycles. The molecule has 8 nitrogen and oxygen atoms in total. The molecule has 0 unspecified atom stereocenters. The van der Waals surface area contributed by atoms with Crippen LogP contribution in [0.2, 0.25) is 1.41 Å². The van der Waals surface area contributed by atoms with Crippen LogP contribution in [-0.2, 0) is 38.4 Å². The fourth-order valence-corrected chi connectivity index (χ4v) is 4.13. The van der Waals surface area contributed by atoms with E-state index in [2.05, 4.69) is 5.32 Å². The van der Waals surface area contributed by atoms with E-state index in [1.54, 1.807) is 30.3 Å². The molecule has 0 saturated carbocycles. The van der Waals surface area contributed by atoms with Crippen molar-refractivity contribution in [3.8, 4) is 0 Å². The molecular weight excluding hydrogens is 484 g/mol. The van der Waals surface area contributed by atoms with Crippen molar-refractivity contribution in [2.24, 2.45) is 5.92 Å². The lowest BCUT2D eigenvalue weighted by molar-refractivity contribution is -0.143. The van der Waals surface area contributed by atoms with Gasteiger partial charge in [0.15, 0.2) is 1.41 Å². The largest absolute Gasteiger partial charge is 0.481 e. The Balaban J connectivity index is 1.89. The fourth-order valence-electron chi connectivity index (χ4n) is 4.13. The molecule has 0 spiro atoms. The van der Waals surface area contributed by atoms with Gasteiger partial charge in [-0.2, -0.15) is 0 Å². The van der Waals surface area contributed by atoms with Gasteiger partial charge in [0.25, 0.3) is 0 Å². The molecule has 2 amide bonds. The number of hydrogen-bond donors (Lipinski definition) is 4. The third-order valence-corrected chi connectivity index (χ3v) is 6.12. The number of carbonyl (C=O) groups is 4. The monoisotopic (exact) mass is 517 g/mol. The van der Waals surface area contributed by atoms with Crippen LogP contribution in [0.1, 0.15) is 29.5 Å². The van der Waals surface area contributed by atoms with Gasteiger partial charge in [-0.3, -0.25) is 14.4 Å². The highest BCUT2D eigenvalue weighted by atomic mass is 16.4. The SMILES string of the molecule is [2H]N(C(=O)C(Cc1ccccc1)Cc1ccccc1)[C@@H](Cc1ccccc1)C(=O)N[C@@H](CCC(=O)O)C(=O)O. The topological polar surface area (TPSA) is 133 Å². The van der Waals surface area contributed by atoms with Crippen LogP contribution in [0.5, 0.6) is 0 Å². The van der Waals surface area contributed by atoms with E-state index in [4.69, 9.17) is 6.52 Å². The first-order valence-electron chi connectivity index (χ1n) is 12.9. The number of carboxylic acids is 2. The Hall–Kier alpha value is -4.46. The van der Waals surface area contributed by atoms with Gasteiger partial charge in [-0.05, 0) is 36.0 Å². The molecule has 0 radical (unpaired) electrons. The zero-order chi connectivity index (χ0) is 28.2. The number of rotatable bonds is 14. The Morgan fingerprint density at radius 1 is 0.658 bits per heavy atom. The van der Waals surface area contributed by atoms with Gasteiger partial charge in [0.05, 0.1) is 0 Å². The van der Waals surface area contributed by atoms with Crippen molar-refractivity contribution >= 4 is 23.8 Å². The van der Waals surface area contributed by atoms with Gasteiger partial charge in [-0.1, -0.05) is 91.0 Å². The van der Waals surface area contributed by atoms with E-state index in [1.165, 1.54) is 0 Å². The zero-order valence-corrected chi connectivity index (χ0v) is 20.9. The molecule has 4 N–H and O–H groups in total. The minimum absolute atomic E-state index is 0.0173. The van der Waals surface area contributed by atoms with Crippen molar-refractivity contribution in [3.05, 3.63) is 108 Å². The van der Waals surface area contributed by atoms with Crippen LogP contribution in [0.3, 0.4) is 0 Å². The minimum Gasteiger partial charge on any atom is -0.481 e. The Labute approximate surface area is 223 Å². The summed E-state index contributed by atoms with van der Waals surface area (Å²) in [7, 11) is 0. The van der Waals surface area contributed by atoms with E-state index in [9.17, 15) is 24.3 Å². The molecule has 0 aliphatic rings. The number of hydrogen-bond acceptors (Lipinski definition) is 4. The predicted octanol–water partition coefficient (Wildman–Crippen LogP) is 3.25. The summed E-state index contributed by atoms with van der Waals surface area (Å²) in [6.45, 7) is 0. The number of aliphatic carboxylic acids is 2. The number of amides is 2. The molecule has 0 aliphatic heterocycles. The number of carboxylic acid groups (broad SMARTS) is 2. The first-order valence-corrected chi connectivity index (χ1v) is 12.4. The first-order chi connectivity index (χ1) is 18.7. The highest BCUT2D eigenvalue weighted by Gasteiger charge is 2.29. The fraction of sp³-hybridized carbons (Fsp3) is 0.267. The molecule has 3 aromatic carbocycles. The molecular formula is C30H32N2O6. The van der Waals surface area contributed by atoms with Gasteiger partial charge in [0.1, 0.15) is 12.1 Å². The smallest absolute Gasteiger partial charge is 0.326 e. The second kappa shape index (κ2) is 14.3. The van der Waals surface area contributed by atoms with Crippen molar-refractivity contribution in [3.63, 3.8) is 0 Å². The van der Waals surface area contributed by atoms with Gasteiger partial charge in [0.2, 0.25) is 11.8 Å². The van der Waals surface area contributed by atoms with Gasteiger partial charge in [0, 0.05) is 18.8 Å². The van der Waals surface area contributed by atoms with Crippen LogP contribution < -0.4 is 10.6 Å². The summed E-state index contributed by atoms with van der Waals surface area (Å²) in [5, 5.41) is 21.5. The van der Waals surface area contributed by atoms with E-state index in [0.717, 1.165) is 11.1 Å². The predicted molar refractivity (Wildman–Crippen MR) is 142 cm³/mol. The van der Waals surface area contributed by atoms with Crippen LogP contribution >= 0.6 is 0 Å². The lowest BCUT2D eigenvalue weighted by Crippen LogP contribution is -2.53. The molecule has 198 valence electrons. The third kappa shape index (κ3) is 9.20. The molecule has 3 aromatic rings. The van der Waals surface area contributed by atoms with Crippen LogP contribution in [0.25, 0.3) is 0 Å². The molecule has 0 heterocycles. The van der Waals surface area contributed by atoms with E-state index in [-0.39, 0.29) is 12.8 Å². The Bertz CT molecular complexity index is 1200. The Morgan fingerprint density at radius 3 is 1.53 bits per heavy atom. The summed E-state index contributed by atoms with van der Waals surface area (Å²) < 4.78 is 8.78. The van der Waals surface area contributed by atoms with Gasteiger partial charge < -0.3 is 20.8 Å². The van der Waals surface area contributed by atoms with Crippen molar-refractivity contribution in [1.29, 1.82) is 0 Å². The molecule has 0 fully saturated rings. The average molecular weight is 518 g/mol. The summed E-state index contributed by atoms with van der Waals surface area (Å²) in [6.07, 6.45) is -0.109. The normalized spacial score (nSPS) is 12.7. The maximum atomic E-state index is 13.8. The van der Waals surface area contributed by atoms with E-state index in [0.29, 0.717) is 23.7 Å². The summed E-state index contributed by atoms with van der Waals surface area (Å²) in [5.41, 5.74) is 2.50. The van der Waals surface area contributed by atoms with Gasteiger partial charge >= 0.3 is 11.9 Å². The number of nitrogens with one attached hydrogen (secondary N) is 2. The Kier molecular flexibility index (Phi) is 10.0. The lowest BCUT2D eigenvalue weighted by Gasteiger charge is -2.24. The van der Waals surface area contributed by atoms with Crippen molar-refractivity contribution in [2.75, 3.05) is 0 Å². The third-order valence-electron chi connectivity index (χ3n) is 6.12. The lowest BCUT2D eigenvalue weighted by atomic mass is 9.91. The number of carbonyl (C=O) groups excluding carboxylic acids is 2. The first kappa shape index (κ1) is 26.6. The summed E-state index contributed by atoms with van der Waals surface area (Å²) in [6, 6.07) is 24.8. The second-order valence-electron chi connectivity index (χ2n) is 9.08. The molecule has 0 aliphatic carbocycles. The number of benzene rings is 3. The van der Waals surface area contributed by atoms with E-state index >= 15 is 0 Å². The summed E-state index contributed by atoms with van der Waals surface area (Å²) in [5.74, 6) is -4.65. The highest BCUT2D eigenvalue weighted by molar-refractivity contribution is 5.91. The van der Waals surface area contributed by atoms with Gasteiger partial charge in [-0.15, -0.1) is 0 Å². The maximum absolute atomic E-state index is 13.8. The standard InChI is InChI=1S/C30H32N2O6/c33-27(34)17-16-25(30(37)38)31-29(36)26(20-23-14-8-3-9-15-23)32-28(35)24(18-21-10-4-1-5-11-21)19-22-12-6-2-7-13-22/h1-15,24-26H,16-20H2,(H,31,36)(H,32,35)(H,33,34)(H,37,38)/t25-,26-/m0/s1/i/hD. The zero-order valence-electron chi connectivity index (χ0n) is 21.9. The van der Waals surface area contributed by atoms with Crippen molar-refractivity contribution < 1.29 is 30.8 Å². The van der Waals surface area contributed by atoms with Crippen molar-refractivity contribution in [2.45, 2.75) is 44.2 Å². The van der Waals surface area contributed by atoms with Crippen LogP contribution in [0.15, 0.2) is 91.0 Å². The second-order valence-corrected chi connectivity index (χ2v) is 9.08. The molecule has 8 heteroatoms. The molecule has 0 aromatic heterocycles. The van der Waals surface area contributed by atoms with Crippen LogP contribution in [0, 0.1) is 5.92 Å². The Morgan fingerprint density at radius 2 is 1.11 bits per heavy atom. The van der Waals surface area contributed by atoms with E-state index in [1.807, 2.05) is 60.7 Å². The molecule has 2 atom stereocenters. The van der Waals surface area contributed by atoms with Crippen LogP contribution in [0.4, 0.5) is 0 Å².